The number of nitrogens with two attached hydrogens (primary N) is 2. The van der Waals surface area contributed by atoms with E-state index in [1.54, 1.807) is 0 Å². The zero-order valence-electron chi connectivity index (χ0n) is 34.9. The van der Waals surface area contributed by atoms with Crippen LogP contribution in [-0.2, 0) is 87.5 Å². The van der Waals surface area contributed by atoms with Gasteiger partial charge in [-0.1, -0.05) is 22.2 Å². The highest BCUT2D eigenvalue weighted by Gasteiger charge is 2.26. The molecule has 0 saturated heterocycles. The van der Waals surface area contributed by atoms with Gasteiger partial charge in [0.2, 0.25) is 0 Å². The summed E-state index contributed by atoms with van der Waals surface area (Å²) in [4.78, 5) is -4.45. The number of sulfone groups is 2. The first-order valence-corrected chi connectivity index (χ1v) is 28.6. The molecular weight excluding hydrogens is 1140 g/mol. The number of anilines is 2. The van der Waals surface area contributed by atoms with Crippen LogP contribution < -0.4 is 11.5 Å². The molecule has 0 bridgehead atoms. The van der Waals surface area contributed by atoms with Gasteiger partial charge in [-0.3, -0.25) is 22.4 Å². The van der Waals surface area contributed by atoms with Gasteiger partial charge >= 0.3 is 10.4 Å². The minimum absolute atomic E-state index is 0.0290. The Kier molecular flexibility index (Phi) is 18.6. The van der Waals surface area contributed by atoms with Crippen LogP contribution in [0.3, 0.4) is 0 Å². The van der Waals surface area contributed by atoms with Gasteiger partial charge in [0.1, 0.15) is 43.1 Å². The van der Waals surface area contributed by atoms with E-state index in [1.807, 2.05) is 0 Å². The molecule has 5 aromatic rings. The molecule has 0 aliphatic heterocycles. The van der Waals surface area contributed by atoms with Crippen molar-refractivity contribution in [2.75, 3.05) is 36.2 Å². The fourth-order valence-electron chi connectivity index (χ4n) is 5.62. The molecule has 32 nitrogen and oxygen atoms in total. The maximum atomic E-state index is 12.9. The molecule has 0 saturated carbocycles. The van der Waals surface area contributed by atoms with Crippen molar-refractivity contribution in [1.82, 2.24) is 0 Å². The average Bonchev–Trinajstić information content (AvgIpc) is 3.28. The van der Waals surface area contributed by atoms with Crippen molar-refractivity contribution in [3.05, 3.63) is 72.8 Å². The summed E-state index contributed by atoms with van der Waals surface area (Å²) in [6.45, 7) is -1.71. The number of rotatable bonds is 24. The van der Waals surface area contributed by atoms with Crippen LogP contribution in [0.25, 0.3) is 10.8 Å². The second kappa shape index (κ2) is 23.3. The van der Waals surface area contributed by atoms with Crippen molar-refractivity contribution >= 4 is 141 Å². The van der Waals surface area contributed by atoms with Crippen LogP contribution in [0.4, 0.5) is 45.5 Å². The van der Waals surface area contributed by atoms with Crippen LogP contribution in [0.15, 0.2) is 133 Å². The number of fused-ring (bicyclic) bond motifs is 1. The van der Waals surface area contributed by atoms with E-state index in [0.29, 0.717) is 30.2 Å². The zero-order chi connectivity index (χ0) is 53.5. The molecule has 72 heavy (non-hydrogen) atoms. The fourth-order valence-corrected chi connectivity index (χ4v) is 11.2. The third kappa shape index (κ3) is 15.1. The van der Waals surface area contributed by atoms with Crippen LogP contribution in [-0.4, -0.2) is 104 Å². The lowest BCUT2D eigenvalue weighted by atomic mass is 10.1. The molecule has 0 atom stereocenters. The molecular formula is C32H30N8O24S8. The quantitative estimate of drug-likeness (QED) is 0.00689. The molecule has 390 valence electrons. The normalized spacial score (nSPS) is 13.3. The summed E-state index contributed by atoms with van der Waals surface area (Å²) in [6, 6.07) is 11.1. The van der Waals surface area contributed by atoms with Crippen molar-refractivity contribution in [2.45, 2.75) is 29.4 Å². The Bertz CT molecular complexity index is 3700. The standard InChI is InChI=1S/C32H30N8O24S8/c33-30-24(38-35-17-12-21-20(27(13-17)69(47,48)49)2-1-3-26(21)65-63-61-41)16-25(39-36-22-6-4-18(14-28(22)70(50,51)52)67(43,44)10-8-59-66-64-62-42)31(34)32(30)40-37-23-7-5-19(15-29(23)71(53,54)55)68(45,46)11-9-60-72(56,57)58/h1-7,12-16,41-42H,8-11,33-34H2,(H,47,48,49)(H,50,51,52)(H,53,54,55)(H,56,57,58). The summed E-state index contributed by atoms with van der Waals surface area (Å²) in [6.07, 6.45) is 0. The van der Waals surface area contributed by atoms with Gasteiger partial charge in [-0.05, 0) is 60.7 Å². The summed E-state index contributed by atoms with van der Waals surface area (Å²) in [5.74, 6) is -1.93. The highest BCUT2D eigenvalue weighted by molar-refractivity contribution is 7.95. The molecule has 10 N–H and O–H groups in total. The first kappa shape index (κ1) is 57.6. The monoisotopic (exact) mass is 1170 g/mol. The molecule has 0 fully saturated rings. The van der Waals surface area contributed by atoms with Gasteiger partial charge < -0.3 is 11.5 Å². The predicted molar refractivity (Wildman–Crippen MR) is 245 cm³/mol. The largest absolute Gasteiger partial charge is 0.397 e. The highest BCUT2D eigenvalue weighted by atomic mass is 32.3. The Morgan fingerprint density at radius 3 is 1.53 bits per heavy atom. The van der Waals surface area contributed by atoms with Gasteiger partial charge in [-0.25, -0.2) is 31.5 Å². The lowest BCUT2D eigenvalue weighted by molar-refractivity contribution is -0.434. The molecule has 0 aliphatic rings. The zero-order valence-corrected chi connectivity index (χ0v) is 41.4. The molecule has 0 unspecified atom stereocenters. The van der Waals surface area contributed by atoms with Crippen LogP contribution in [0.1, 0.15) is 0 Å². The number of nitrogen functional groups attached to an aromatic ring is 2. The molecule has 0 aromatic heterocycles. The summed E-state index contributed by atoms with van der Waals surface area (Å²) in [7, 11) is -29.8. The van der Waals surface area contributed by atoms with E-state index in [1.165, 1.54) is 24.3 Å². The van der Waals surface area contributed by atoms with Gasteiger partial charge in [-0.15, -0.1) is 34.2 Å². The van der Waals surface area contributed by atoms with Crippen molar-refractivity contribution in [1.29, 1.82) is 0 Å². The van der Waals surface area contributed by atoms with E-state index in [-0.39, 0.29) is 33.7 Å². The molecule has 5 aromatic carbocycles. The first-order valence-electron chi connectivity index (χ1n) is 18.2. The van der Waals surface area contributed by atoms with E-state index in [4.69, 9.17) is 30.7 Å². The Labute approximate surface area is 414 Å². The third-order valence-corrected chi connectivity index (χ3v) is 16.2. The van der Waals surface area contributed by atoms with E-state index in [2.05, 4.69) is 53.6 Å². The molecule has 5 rings (SSSR count). The number of benzene rings is 5. The average molecular weight is 1170 g/mol. The molecule has 0 heterocycles. The van der Waals surface area contributed by atoms with Gasteiger partial charge in [0.25, 0.3) is 30.4 Å². The van der Waals surface area contributed by atoms with Crippen LogP contribution in [0.2, 0.25) is 0 Å². The Morgan fingerprint density at radius 1 is 0.514 bits per heavy atom. The number of azo groups is 3. The summed E-state index contributed by atoms with van der Waals surface area (Å²) < 4.78 is 204. The topological polar surface area (TPSA) is 508 Å². The van der Waals surface area contributed by atoms with Crippen molar-refractivity contribution < 1.29 is 106 Å². The maximum Gasteiger partial charge on any atom is 0.397 e. The molecule has 0 aliphatic carbocycles. The second-order valence-electron chi connectivity index (χ2n) is 13.3. The van der Waals surface area contributed by atoms with E-state index in [0.717, 1.165) is 30.3 Å². The first-order chi connectivity index (χ1) is 33.5. The maximum absolute atomic E-state index is 12.9. The fraction of sp³-hybridized carbons (Fsp3) is 0.125. The number of hydrogen-bond acceptors (Lipinski definition) is 30. The highest BCUT2D eigenvalue weighted by Crippen LogP contribution is 2.46. The molecule has 40 heteroatoms. The molecule has 0 radical (unpaired) electrons. The number of hydrogen-bond donors (Lipinski definition) is 8. The van der Waals surface area contributed by atoms with Crippen LogP contribution in [0.5, 0.6) is 0 Å². The van der Waals surface area contributed by atoms with Crippen molar-refractivity contribution in [2.24, 2.45) is 30.7 Å². The van der Waals surface area contributed by atoms with Gasteiger partial charge in [0.05, 0.1) is 63.6 Å². The van der Waals surface area contributed by atoms with Crippen LogP contribution in [0, 0.1) is 0 Å². The Morgan fingerprint density at radius 2 is 1.01 bits per heavy atom. The summed E-state index contributed by atoms with van der Waals surface area (Å²) >= 11 is 0.457. The summed E-state index contributed by atoms with van der Waals surface area (Å²) in [5.41, 5.74) is 7.81. The second-order valence-corrected chi connectivity index (χ2v) is 24.0. The minimum atomic E-state index is -5.39. The smallest absolute Gasteiger partial charge is 0.395 e. The SMILES string of the molecule is Nc1c(N=Nc2cc(S(=O)(=O)O)c3cccc(SOOO)c3c2)cc(N=Nc2ccc(S(=O)(=O)CCOSOOO)cc2S(=O)(=O)O)c(N)c1N=Nc1ccc(S(=O)(=O)CCOS(=O)(=O)O)cc1S(=O)(=O)O. The Hall–Kier alpha value is -5.32. The number of nitrogens with zero attached hydrogens (tertiary/aromatic N) is 6. The van der Waals surface area contributed by atoms with E-state index in [9.17, 15) is 64.2 Å². The van der Waals surface area contributed by atoms with Crippen molar-refractivity contribution in [3.8, 4) is 0 Å². The molecule has 0 spiro atoms. The predicted octanol–water partition coefficient (Wildman–Crippen LogP) is 5.79. The lowest BCUT2D eigenvalue weighted by Crippen LogP contribution is -2.16. The minimum Gasteiger partial charge on any atom is -0.395 e. The molecule has 0 amide bonds. The van der Waals surface area contributed by atoms with Gasteiger partial charge in [-0.2, -0.15) is 38.8 Å². The van der Waals surface area contributed by atoms with Gasteiger partial charge in [0.15, 0.2) is 32.0 Å². The van der Waals surface area contributed by atoms with E-state index < -0.39 is 149 Å². The lowest BCUT2D eigenvalue weighted by Gasteiger charge is -2.11. The van der Waals surface area contributed by atoms with Crippen LogP contribution >= 0.6 is 24.4 Å². The van der Waals surface area contributed by atoms with E-state index >= 15 is 0 Å². The van der Waals surface area contributed by atoms with Gasteiger partial charge in [0, 0.05) is 15.7 Å². The summed E-state index contributed by atoms with van der Waals surface area (Å²) in [5, 5.41) is 46.9. The Balaban J connectivity index is 1.69. The third-order valence-electron chi connectivity index (χ3n) is 8.73. The van der Waals surface area contributed by atoms with Crippen molar-refractivity contribution in [3.63, 3.8) is 0 Å².